The first-order valence-electron chi connectivity index (χ1n) is 7.36. The zero-order valence-corrected chi connectivity index (χ0v) is 12.2. The number of ether oxygens (including phenoxy) is 2. The maximum atomic E-state index is 6.01. The zero-order chi connectivity index (χ0) is 13.7. The van der Waals surface area contributed by atoms with Gasteiger partial charge in [-0.3, -0.25) is 0 Å². The number of rotatable bonds is 6. The summed E-state index contributed by atoms with van der Waals surface area (Å²) in [6.07, 6.45) is 2.96. The lowest BCUT2D eigenvalue weighted by atomic mass is 9.99. The molecular formula is C16H25NO2. The molecule has 3 nitrogen and oxygen atoms in total. The molecule has 0 amide bonds. The number of hydrogen-bond acceptors (Lipinski definition) is 3. The summed E-state index contributed by atoms with van der Waals surface area (Å²) in [4.78, 5) is 0. The van der Waals surface area contributed by atoms with Gasteiger partial charge in [0.1, 0.15) is 5.75 Å². The summed E-state index contributed by atoms with van der Waals surface area (Å²) in [7, 11) is 0. The van der Waals surface area contributed by atoms with E-state index in [1.165, 1.54) is 5.56 Å². The molecule has 0 aliphatic carbocycles. The van der Waals surface area contributed by atoms with E-state index in [0.29, 0.717) is 12.7 Å². The molecule has 1 aromatic rings. The number of hydrogen-bond donors (Lipinski definition) is 1. The Hall–Kier alpha value is -1.06. The van der Waals surface area contributed by atoms with Crippen LogP contribution >= 0.6 is 0 Å². The van der Waals surface area contributed by atoms with E-state index < -0.39 is 0 Å². The summed E-state index contributed by atoms with van der Waals surface area (Å²) < 4.78 is 11.5. The average molecular weight is 263 g/mol. The van der Waals surface area contributed by atoms with Crippen molar-refractivity contribution in [3.63, 3.8) is 0 Å². The van der Waals surface area contributed by atoms with Gasteiger partial charge < -0.3 is 14.8 Å². The predicted molar refractivity (Wildman–Crippen MR) is 77.6 cm³/mol. The molecule has 3 unspecified atom stereocenters. The van der Waals surface area contributed by atoms with Gasteiger partial charge in [-0.15, -0.1) is 0 Å². The highest BCUT2D eigenvalue weighted by atomic mass is 16.5. The van der Waals surface area contributed by atoms with E-state index in [-0.39, 0.29) is 12.1 Å². The maximum Gasteiger partial charge on any atom is 0.119 e. The molecule has 0 aromatic heterocycles. The third kappa shape index (κ3) is 3.71. The molecule has 1 fully saturated rings. The van der Waals surface area contributed by atoms with Crippen LogP contribution in [0.1, 0.15) is 45.2 Å². The minimum atomic E-state index is 0.283. The van der Waals surface area contributed by atoms with Crippen LogP contribution in [-0.4, -0.2) is 25.4 Å². The lowest BCUT2D eigenvalue weighted by Gasteiger charge is -2.25. The van der Waals surface area contributed by atoms with E-state index in [1.807, 2.05) is 19.1 Å². The van der Waals surface area contributed by atoms with Gasteiger partial charge in [0.2, 0.25) is 0 Å². The monoisotopic (exact) mass is 263 g/mol. The van der Waals surface area contributed by atoms with Crippen LogP contribution in [0.2, 0.25) is 0 Å². The summed E-state index contributed by atoms with van der Waals surface area (Å²) in [6.45, 7) is 7.95. The Balaban J connectivity index is 2.09. The molecule has 1 aliphatic heterocycles. The predicted octanol–water partition coefficient (Wildman–Crippen LogP) is 3.30. The topological polar surface area (TPSA) is 30.5 Å². The van der Waals surface area contributed by atoms with E-state index >= 15 is 0 Å². The van der Waals surface area contributed by atoms with Crippen molar-refractivity contribution in [2.24, 2.45) is 0 Å². The highest BCUT2D eigenvalue weighted by Crippen LogP contribution is 2.30. The summed E-state index contributed by atoms with van der Waals surface area (Å²) in [5, 5.41) is 3.55. The van der Waals surface area contributed by atoms with Crippen LogP contribution in [0.15, 0.2) is 24.3 Å². The lowest BCUT2D eigenvalue weighted by Crippen LogP contribution is -2.32. The summed E-state index contributed by atoms with van der Waals surface area (Å²) in [5.41, 5.74) is 1.28. The Labute approximate surface area is 116 Å². The Morgan fingerprint density at radius 3 is 2.53 bits per heavy atom. The van der Waals surface area contributed by atoms with Crippen molar-refractivity contribution in [3.8, 4) is 5.75 Å². The minimum Gasteiger partial charge on any atom is -0.494 e. The Kier molecular flexibility index (Phi) is 5.23. The van der Waals surface area contributed by atoms with Crippen LogP contribution in [0.5, 0.6) is 5.75 Å². The van der Waals surface area contributed by atoms with Gasteiger partial charge >= 0.3 is 0 Å². The second kappa shape index (κ2) is 6.92. The fourth-order valence-electron chi connectivity index (χ4n) is 2.70. The lowest BCUT2D eigenvalue weighted by molar-refractivity contribution is 0.0319. The first-order valence-corrected chi connectivity index (χ1v) is 7.36. The van der Waals surface area contributed by atoms with Gasteiger partial charge in [-0.2, -0.15) is 0 Å². The second-order valence-corrected chi connectivity index (χ2v) is 5.10. The SMILES string of the molecule is CCNC(c1ccc(OCC)cc1)C1CCC(C)O1. The van der Waals surface area contributed by atoms with Gasteiger partial charge in [0.05, 0.1) is 24.9 Å². The van der Waals surface area contributed by atoms with E-state index in [9.17, 15) is 0 Å². The fourth-order valence-corrected chi connectivity index (χ4v) is 2.70. The van der Waals surface area contributed by atoms with E-state index in [1.54, 1.807) is 0 Å². The number of likely N-dealkylation sites (N-methyl/N-ethyl adjacent to an activating group) is 1. The van der Waals surface area contributed by atoms with Crippen LogP contribution < -0.4 is 10.1 Å². The molecule has 1 N–H and O–H groups in total. The molecule has 0 saturated carbocycles. The molecule has 1 saturated heterocycles. The van der Waals surface area contributed by atoms with Crippen molar-refractivity contribution in [2.75, 3.05) is 13.2 Å². The first-order chi connectivity index (χ1) is 9.24. The Bertz CT molecular complexity index is 377. The van der Waals surface area contributed by atoms with Crippen molar-refractivity contribution in [3.05, 3.63) is 29.8 Å². The fraction of sp³-hybridized carbons (Fsp3) is 0.625. The molecule has 1 aliphatic rings. The zero-order valence-electron chi connectivity index (χ0n) is 12.2. The van der Waals surface area contributed by atoms with Crippen molar-refractivity contribution < 1.29 is 9.47 Å². The quantitative estimate of drug-likeness (QED) is 0.854. The Morgan fingerprint density at radius 2 is 2.00 bits per heavy atom. The van der Waals surface area contributed by atoms with Crippen molar-refractivity contribution in [2.45, 2.75) is 51.9 Å². The van der Waals surface area contributed by atoms with Gasteiger partial charge in [0.15, 0.2) is 0 Å². The number of nitrogens with one attached hydrogen (secondary N) is 1. The average Bonchev–Trinajstić information content (AvgIpc) is 2.84. The van der Waals surface area contributed by atoms with Crippen LogP contribution in [0.3, 0.4) is 0 Å². The van der Waals surface area contributed by atoms with Crippen LogP contribution in [0.25, 0.3) is 0 Å². The highest BCUT2D eigenvalue weighted by Gasteiger charge is 2.30. The molecule has 3 atom stereocenters. The maximum absolute atomic E-state index is 6.01. The highest BCUT2D eigenvalue weighted by molar-refractivity contribution is 5.30. The van der Waals surface area contributed by atoms with Crippen LogP contribution in [0, 0.1) is 0 Å². The molecule has 1 aromatic carbocycles. The molecule has 19 heavy (non-hydrogen) atoms. The molecule has 0 radical (unpaired) electrons. The van der Waals surface area contributed by atoms with Crippen molar-refractivity contribution >= 4 is 0 Å². The third-order valence-electron chi connectivity index (χ3n) is 3.61. The summed E-state index contributed by atoms with van der Waals surface area (Å²) in [5.74, 6) is 0.933. The first kappa shape index (κ1) is 14.4. The van der Waals surface area contributed by atoms with Gasteiger partial charge in [-0.25, -0.2) is 0 Å². The third-order valence-corrected chi connectivity index (χ3v) is 3.61. The molecule has 106 valence electrons. The summed E-state index contributed by atoms with van der Waals surface area (Å²) in [6, 6.07) is 8.66. The van der Waals surface area contributed by atoms with Crippen molar-refractivity contribution in [1.82, 2.24) is 5.32 Å². The van der Waals surface area contributed by atoms with Crippen molar-refractivity contribution in [1.29, 1.82) is 0 Å². The summed E-state index contributed by atoms with van der Waals surface area (Å²) >= 11 is 0. The van der Waals surface area contributed by atoms with Gasteiger partial charge in [-0.1, -0.05) is 19.1 Å². The largest absolute Gasteiger partial charge is 0.494 e. The number of benzene rings is 1. The van der Waals surface area contributed by atoms with E-state index in [4.69, 9.17) is 9.47 Å². The van der Waals surface area contributed by atoms with E-state index in [2.05, 4.69) is 31.3 Å². The molecule has 2 rings (SSSR count). The normalized spacial score (nSPS) is 24.4. The van der Waals surface area contributed by atoms with Crippen LogP contribution in [-0.2, 0) is 4.74 Å². The van der Waals surface area contributed by atoms with Gasteiger partial charge in [-0.05, 0) is 50.9 Å². The molecular weight excluding hydrogens is 238 g/mol. The van der Waals surface area contributed by atoms with Gasteiger partial charge in [0.25, 0.3) is 0 Å². The molecule has 3 heteroatoms. The van der Waals surface area contributed by atoms with Crippen LogP contribution in [0.4, 0.5) is 0 Å². The standard InChI is InChI=1S/C16H25NO2/c1-4-17-16(15-11-6-12(3)19-15)13-7-9-14(10-8-13)18-5-2/h7-10,12,15-17H,4-6,11H2,1-3H3. The smallest absolute Gasteiger partial charge is 0.119 e. The Morgan fingerprint density at radius 1 is 1.26 bits per heavy atom. The minimum absolute atomic E-state index is 0.283. The molecule has 0 spiro atoms. The van der Waals surface area contributed by atoms with E-state index in [0.717, 1.165) is 25.1 Å². The van der Waals surface area contributed by atoms with Gasteiger partial charge in [0, 0.05) is 0 Å². The second-order valence-electron chi connectivity index (χ2n) is 5.10. The molecule has 1 heterocycles. The molecule has 0 bridgehead atoms.